The molecule has 2 heterocycles. The van der Waals surface area contributed by atoms with Crippen LogP contribution in [0.15, 0.2) is 61.2 Å². The predicted molar refractivity (Wildman–Crippen MR) is 115 cm³/mol. The van der Waals surface area contributed by atoms with Crippen LogP contribution in [0, 0.1) is 13.8 Å². The van der Waals surface area contributed by atoms with Gasteiger partial charge in [0, 0.05) is 36.1 Å². The number of phenolic OH excluding ortho intramolecular Hbond substituents is 1. The number of aromatic hydroxyl groups is 1. The van der Waals surface area contributed by atoms with Crippen LogP contribution in [0.3, 0.4) is 0 Å². The smallest absolute Gasteiger partial charge is 0.146 e. The Balaban J connectivity index is 1.94. The van der Waals surface area contributed by atoms with Crippen molar-refractivity contribution in [2.24, 2.45) is 0 Å². The van der Waals surface area contributed by atoms with E-state index in [0.717, 1.165) is 16.7 Å². The summed E-state index contributed by atoms with van der Waals surface area (Å²) < 4.78 is 2.16. The summed E-state index contributed by atoms with van der Waals surface area (Å²) in [7, 11) is 2.12. The van der Waals surface area contributed by atoms with Crippen molar-refractivity contribution in [3.05, 3.63) is 83.4 Å². The van der Waals surface area contributed by atoms with E-state index >= 15 is 0 Å². The number of likely N-dealkylation sites (N-methyl/N-ethyl adjacent to an activating group) is 1. The fourth-order valence-electron chi connectivity index (χ4n) is 4.83. The highest BCUT2D eigenvalue weighted by Crippen LogP contribution is 2.54. The van der Waals surface area contributed by atoms with E-state index in [1.165, 1.54) is 11.3 Å². The largest absolute Gasteiger partial charge is 0.507 e. The van der Waals surface area contributed by atoms with Crippen molar-refractivity contribution in [2.75, 3.05) is 11.9 Å². The van der Waals surface area contributed by atoms with E-state index in [1.54, 1.807) is 0 Å². The van der Waals surface area contributed by atoms with Crippen LogP contribution in [-0.2, 0) is 11.1 Å². The Kier molecular flexibility index (Phi) is 4.11. The number of imidazole rings is 1. The first-order valence-electron chi connectivity index (χ1n) is 9.60. The lowest BCUT2D eigenvalue weighted by Crippen LogP contribution is -2.54. The predicted octanol–water partition coefficient (Wildman–Crippen LogP) is 5.00. The van der Waals surface area contributed by atoms with Crippen LogP contribution in [0.4, 0.5) is 5.69 Å². The molecule has 1 N–H and O–H groups in total. The number of para-hydroxylation sites is 1. The van der Waals surface area contributed by atoms with Gasteiger partial charge < -0.3 is 14.6 Å². The number of fused-ring (bicyclic) bond motifs is 1. The van der Waals surface area contributed by atoms with Gasteiger partial charge in [0.1, 0.15) is 11.4 Å². The molecule has 0 fully saturated rings. The SMILES string of the molecule is Cc1cc(C)c(C=CC2(n3ccnc3)N(C)c3ccccc3C2(C)C)c(O)c1. The van der Waals surface area contributed by atoms with E-state index < -0.39 is 5.66 Å². The fourth-order valence-corrected chi connectivity index (χ4v) is 4.83. The van der Waals surface area contributed by atoms with Gasteiger partial charge in [-0.3, -0.25) is 0 Å². The number of nitrogens with zero attached hydrogens (tertiary/aromatic N) is 3. The fraction of sp³-hybridized carbons (Fsp3) is 0.292. The molecule has 1 aliphatic rings. The average Bonchev–Trinajstić information content (AvgIpc) is 3.22. The van der Waals surface area contributed by atoms with Gasteiger partial charge in [-0.25, -0.2) is 4.98 Å². The third-order valence-electron chi connectivity index (χ3n) is 6.26. The van der Waals surface area contributed by atoms with Gasteiger partial charge in [-0.1, -0.05) is 44.2 Å². The van der Waals surface area contributed by atoms with Crippen LogP contribution >= 0.6 is 0 Å². The maximum atomic E-state index is 10.5. The summed E-state index contributed by atoms with van der Waals surface area (Å²) in [4.78, 5) is 6.64. The molecule has 1 atom stereocenters. The molecule has 4 rings (SSSR count). The summed E-state index contributed by atoms with van der Waals surface area (Å²) in [5.41, 5.74) is 4.76. The van der Waals surface area contributed by atoms with Crippen LogP contribution in [0.5, 0.6) is 5.75 Å². The second-order valence-corrected chi connectivity index (χ2v) is 8.25. The minimum Gasteiger partial charge on any atom is -0.507 e. The lowest BCUT2D eigenvalue weighted by atomic mass is 9.75. The molecule has 1 unspecified atom stereocenters. The third-order valence-corrected chi connectivity index (χ3v) is 6.26. The molecule has 4 nitrogen and oxygen atoms in total. The first-order chi connectivity index (χ1) is 13.3. The van der Waals surface area contributed by atoms with Gasteiger partial charge in [0.25, 0.3) is 0 Å². The second kappa shape index (κ2) is 6.26. The van der Waals surface area contributed by atoms with Crippen molar-refractivity contribution in [2.45, 2.75) is 38.8 Å². The molecule has 0 saturated heterocycles. The lowest BCUT2D eigenvalue weighted by molar-refractivity contribution is 0.237. The molecule has 0 aliphatic carbocycles. The Hall–Kier alpha value is -3.01. The second-order valence-electron chi connectivity index (χ2n) is 8.25. The maximum absolute atomic E-state index is 10.5. The average molecular weight is 374 g/mol. The van der Waals surface area contributed by atoms with Crippen molar-refractivity contribution in [3.63, 3.8) is 0 Å². The molecule has 0 saturated carbocycles. The summed E-state index contributed by atoms with van der Waals surface area (Å²) in [6.07, 6.45) is 9.95. The molecule has 0 amide bonds. The van der Waals surface area contributed by atoms with E-state index in [4.69, 9.17) is 0 Å². The van der Waals surface area contributed by atoms with Gasteiger partial charge in [0.2, 0.25) is 0 Å². The topological polar surface area (TPSA) is 41.3 Å². The summed E-state index contributed by atoms with van der Waals surface area (Å²) in [6, 6.07) is 12.5. The normalized spacial score (nSPS) is 20.7. The molecule has 1 aliphatic heterocycles. The molecule has 0 spiro atoms. The van der Waals surface area contributed by atoms with Crippen molar-refractivity contribution >= 4 is 11.8 Å². The highest BCUT2D eigenvalue weighted by atomic mass is 16.3. The molecular formula is C24H27N3O. The number of phenols is 1. The van der Waals surface area contributed by atoms with Crippen molar-refractivity contribution < 1.29 is 5.11 Å². The van der Waals surface area contributed by atoms with Crippen LogP contribution in [-0.4, -0.2) is 21.7 Å². The van der Waals surface area contributed by atoms with E-state index in [-0.39, 0.29) is 5.41 Å². The summed E-state index contributed by atoms with van der Waals surface area (Å²) in [6.45, 7) is 8.56. The van der Waals surface area contributed by atoms with Gasteiger partial charge in [-0.2, -0.15) is 0 Å². The van der Waals surface area contributed by atoms with Gasteiger partial charge in [0.15, 0.2) is 0 Å². The van der Waals surface area contributed by atoms with Gasteiger partial charge in [-0.05, 0) is 48.7 Å². The van der Waals surface area contributed by atoms with Gasteiger partial charge >= 0.3 is 0 Å². The number of anilines is 1. The number of rotatable bonds is 3. The standard InChI is InChI=1S/C24H27N3O/c1-17-14-18(2)19(22(28)15-17)10-11-24(27-13-12-25-16-27)23(3,4)20-8-6-7-9-21(20)26(24)5/h6-16,28H,1-5H3. The Morgan fingerprint density at radius 3 is 2.50 bits per heavy atom. The number of benzene rings is 2. The van der Waals surface area contributed by atoms with E-state index in [1.807, 2.05) is 44.7 Å². The van der Waals surface area contributed by atoms with E-state index in [0.29, 0.717) is 5.75 Å². The zero-order chi connectivity index (χ0) is 20.1. The summed E-state index contributed by atoms with van der Waals surface area (Å²) in [5, 5.41) is 10.5. The first-order valence-corrected chi connectivity index (χ1v) is 9.60. The molecule has 2 aromatic carbocycles. The third kappa shape index (κ3) is 2.40. The quantitative estimate of drug-likeness (QED) is 0.702. The van der Waals surface area contributed by atoms with Crippen molar-refractivity contribution in [1.82, 2.24) is 9.55 Å². The number of aromatic nitrogens is 2. The Morgan fingerprint density at radius 2 is 1.86 bits per heavy atom. The molecule has 3 aromatic rings. The van der Waals surface area contributed by atoms with Gasteiger partial charge in [0.05, 0.1) is 6.33 Å². The van der Waals surface area contributed by atoms with Crippen LogP contribution < -0.4 is 4.90 Å². The number of aryl methyl sites for hydroxylation is 2. The van der Waals surface area contributed by atoms with Crippen LogP contribution in [0.1, 0.15) is 36.1 Å². The van der Waals surface area contributed by atoms with E-state index in [9.17, 15) is 5.11 Å². The lowest BCUT2D eigenvalue weighted by Gasteiger charge is -2.45. The van der Waals surface area contributed by atoms with Crippen molar-refractivity contribution in [3.8, 4) is 5.75 Å². The zero-order valence-corrected chi connectivity index (χ0v) is 17.1. The highest BCUT2D eigenvalue weighted by molar-refractivity contribution is 5.70. The first kappa shape index (κ1) is 18.4. The molecule has 0 radical (unpaired) electrons. The zero-order valence-electron chi connectivity index (χ0n) is 17.1. The molecule has 4 heteroatoms. The molecule has 144 valence electrons. The molecule has 1 aromatic heterocycles. The number of hydrogen-bond acceptors (Lipinski definition) is 3. The Morgan fingerprint density at radius 1 is 1.11 bits per heavy atom. The molecule has 0 bridgehead atoms. The van der Waals surface area contributed by atoms with Crippen molar-refractivity contribution in [1.29, 1.82) is 0 Å². The summed E-state index contributed by atoms with van der Waals surface area (Å²) >= 11 is 0. The Bertz CT molecular complexity index is 1030. The highest BCUT2D eigenvalue weighted by Gasteiger charge is 2.55. The minimum atomic E-state index is -0.489. The van der Waals surface area contributed by atoms with Crippen LogP contribution in [0.25, 0.3) is 6.08 Å². The summed E-state index contributed by atoms with van der Waals surface area (Å²) in [5.74, 6) is 0.311. The van der Waals surface area contributed by atoms with Gasteiger partial charge in [-0.15, -0.1) is 0 Å². The Labute approximate surface area is 166 Å². The van der Waals surface area contributed by atoms with E-state index in [2.05, 4.69) is 71.8 Å². The monoisotopic (exact) mass is 373 g/mol. The molecule has 28 heavy (non-hydrogen) atoms. The number of hydrogen-bond donors (Lipinski definition) is 1. The van der Waals surface area contributed by atoms with Crippen LogP contribution in [0.2, 0.25) is 0 Å². The maximum Gasteiger partial charge on any atom is 0.146 e. The minimum absolute atomic E-state index is 0.218. The molecular weight excluding hydrogens is 346 g/mol.